The maximum Gasteiger partial charge on any atom is 0.123 e. The second-order valence-electron chi connectivity index (χ2n) is 3.13. The van der Waals surface area contributed by atoms with Gasteiger partial charge in [0.1, 0.15) is 5.75 Å². The Hall–Kier alpha value is -0.670. The van der Waals surface area contributed by atoms with E-state index in [0.29, 0.717) is 0 Å². The lowest BCUT2D eigenvalue weighted by Gasteiger charge is -2.06. The van der Waals surface area contributed by atoms with Crippen LogP contribution < -0.4 is 4.74 Å². The summed E-state index contributed by atoms with van der Waals surface area (Å²) in [4.78, 5) is 1.06. The van der Waals surface area contributed by atoms with Gasteiger partial charge in [0.15, 0.2) is 0 Å². The van der Waals surface area contributed by atoms with E-state index < -0.39 is 0 Å². The first-order valence-corrected chi connectivity index (χ1v) is 5.86. The molecule has 0 fully saturated rings. The minimum absolute atomic E-state index is 0.982. The predicted molar refractivity (Wildman–Crippen MR) is 65.0 cm³/mol. The SMILES string of the molecule is CCc1cc2c(S)csc2cc1OC. The molecule has 1 aromatic carbocycles. The first kappa shape index (κ1) is 9.87. The normalized spacial score (nSPS) is 10.8. The van der Waals surface area contributed by atoms with Gasteiger partial charge in [0, 0.05) is 20.4 Å². The fourth-order valence-electron chi connectivity index (χ4n) is 1.55. The van der Waals surface area contributed by atoms with E-state index in [-0.39, 0.29) is 0 Å². The summed E-state index contributed by atoms with van der Waals surface area (Å²) in [6.07, 6.45) is 0.988. The molecule has 0 spiro atoms. The van der Waals surface area contributed by atoms with Crippen molar-refractivity contribution in [2.24, 2.45) is 0 Å². The Morgan fingerprint density at radius 1 is 1.43 bits per heavy atom. The number of fused-ring (bicyclic) bond motifs is 1. The number of ether oxygens (including phenoxy) is 1. The summed E-state index contributed by atoms with van der Waals surface area (Å²) >= 11 is 6.13. The van der Waals surface area contributed by atoms with Crippen molar-refractivity contribution in [1.82, 2.24) is 0 Å². The summed E-state index contributed by atoms with van der Waals surface area (Å²) in [5.74, 6) is 0.982. The van der Waals surface area contributed by atoms with Crippen LogP contribution in [-0.2, 0) is 6.42 Å². The van der Waals surface area contributed by atoms with Crippen molar-refractivity contribution >= 4 is 34.1 Å². The molecule has 0 N–H and O–H groups in total. The van der Waals surface area contributed by atoms with Crippen molar-refractivity contribution in [1.29, 1.82) is 0 Å². The van der Waals surface area contributed by atoms with Gasteiger partial charge >= 0.3 is 0 Å². The molecule has 1 nitrogen and oxygen atoms in total. The Labute approximate surface area is 93.1 Å². The van der Waals surface area contributed by atoms with E-state index in [1.807, 2.05) is 0 Å². The molecule has 1 heterocycles. The number of aryl methyl sites for hydroxylation is 1. The summed E-state index contributed by atoms with van der Waals surface area (Å²) in [5.41, 5.74) is 1.24. The van der Waals surface area contributed by atoms with E-state index in [9.17, 15) is 0 Å². The highest BCUT2D eigenvalue weighted by atomic mass is 32.1. The van der Waals surface area contributed by atoms with Crippen LogP contribution in [0.25, 0.3) is 10.1 Å². The molecule has 2 aromatic rings. The third-order valence-corrected chi connectivity index (χ3v) is 3.83. The van der Waals surface area contributed by atoms with E-state index in [0.717, 1.165) is 17.1 Å². The van der Waals surface area contributed by atoms with Crippen molar-refractivity contribution in [3.05, 3.63) is 23.1 Å². The molecule has 0 aliphatic carbocycles. The molecular weight excluding hydrogens is 212 g/mol. The third kappa shape index (κ3) is 1.51. The fourth-order valence-corrected chi connectivity index (χ4v) is 2.81. The quantitative estimate of drug-likeness (QED) is 0.764. The van der Waals surface area contributed by atoms with Gasteiger partial charge in [-0.3, -0.25) is 0 Å². The zero-order chi connectivity index (χ0) is 10.1. The Balaban J connectivity index is 2.71. The van der Waals surface area contributed by atoms with Gasteiger partial charge in [0.25, 0.3) is 0 Å². The molecule has 0 saturated heterocycles. The Bertz CT molecular complexity index is 460. The average molecular weight is 224 g/mol. The van der Waals surface area contributed by atoms with Crippen LogP contribution in [0.5, 0.6) is 5.75 Å². The number of thiophene rings is 1. The molecular formula is C11H12OS2. The molecule has 74 valence electrons. The van der Waals surface area contributed by atoms with Gasteiger partial charge in [-0.1, -0.05) is 6.92 Å². The molecule has 0 aliphatic heterocycles. The van der Waals surface area contributed by atoms with Gasteiger partial charge < -0.3 is 4.74 Å². The molecule has 0 aliphatic rings. The standard InChI is InChI=1S/C11H12OS2/c1-3-7-4-8-10(13)6-14-11(8)5-9(7)12-2/h4-6,13H,3H2,1-2H3. The molecule has 1 aromatic heterocycles. The van der Waals surface area contributed by atoms with Crippen molar-refractivity contribution in [3.8, 4) is 5.75 Å². The highest BCUT2D eigenvalue weighted by molar-refractivity contribution is 7.80. The van der Waals surface area contributed by atoms with Gasteiger partial charge in [-0.25, -0.2) is 0 Å². The Kier molecular flexibility index (Phi) is 2.70. The summed E-state index contributed by atoms with van der Waals surface area (Å²) in [5, 5.41) is 3.29. The molecule has 3 heteroatoms. The monoisotopic (exact) mass is 224 g/mol. The number of hydrogen-bond acceptors (Lipinski definition) is 3. The van der Waals surface area contributed by atoms with Crippen molar-refractivity contribution in [3.63, 3.8) is 0 Å². The zero-order valence-electron chi connectivity index (χ0n) is 8.20. The van der Waals surface area contributed by atoms with Gasteiger partial charge in [-0.2, -0.15) is 0 Å². The first-order chi connectivity index (χ1) is 6.76. The highest BCUT2D eigenvalue weighted by Crippen LogP contribution is 2.34. The average Bonchev–Trinajstić information content (AvgIpc) is 2.58. The molecule has 0 amide bonds. The van der Waals surface area contributed by atoms with Crippen LogP contribution in [0.3, 0.4) is 0 Å². The second-order valence-corrected chi connectivity index (χ2v) is 4.53. The molecule has 2 rings (SSSR count). The number of rotatable bonds is 2. The van der Waals surface area contributed by atoms with Crippen molar-refractivity contribution < 1.29 is 4.74 Å². The second kappa shape index (κ2) is 3.83. The maximum absolute atomic E-state index is 5.34. The van der Waals surface area contributed by atoms with Gasteiger partial charge in [0.2, 0.25) is 0 Å². The Morgan fingerprint density at radius 2 is 2.21 bits per heavy atom. The van der Waals surface area contributed by atoms with Crippen LogP contribution in [0.4, 0.5) is 0 Å². The van der Waals surface area contributed by atoms with Crippen LogP contribution in [0.1, 0.15) is 12.5 Å². The Morgan fingerprint density at radius 3 is 2.86 bits per heavy atom. The van der Waals surface area contributed by atoms with Crippen molar-refractivity contribution in [2.45, 2.75) is 18.2 Å². The smallest absolute Gasteiger partial charge is 0.123 e. The van der Waals surface area contributed by atoms with Crippen LogP contribution in [0, 0.1) is 0 Å². The number of thiol groups is 1. The highest BCUT2D eigenvalue weighted by Gasteiger charge is 2.07. The summed E-state index contributed by atoms with van der Waals surface area (Å²) < 4.78 is 6.58. The lowest BCUT2D eigenvalue weighted by atomic mass is 10.1. The van der Waals surface area contributed by atoms with Crippen molar-refractivity contribution in [2.75, 3.05) is 7.11 Å². The molecule has 0 saturated carbocycles. The van der Waals surface area contributed by atoms with E-state index in [2.05, 4.69) is 37.1 Å². The fraction of sp³-hybridized carbons (Fsp3) is 0.273. The summed E-state index contributed by atoms with van der Waals surface area (Å²) in [6, 6.07) is 4.27. The van der Waals surface area contributed by atoms with Crippen LogP contribution in [-0.4, -0.2) is 7.11 Å². The lowest BCUT2D eigenvalue weighted by Crippen LogP contribution is -1.89. The number of hydrogen-bond donors (Lipinski definition) is 1. The topological polar surface area (TPSA) is 9.23 Å². The minimum atomic E-state index is 0.982. The number of benzene rings is 1. The molecule has 0 bridgehead atoms. The molecule has 0 atom stereocenters. The number of methoxy groups -OCH3 is 1. The molecule has 14 heavy (non-hydrogen) atoms. The van der Waals surface area contributed by atoms with E-state index in [4.69, 9.17) is 4.74 Å². The van der Waals surface area contributed by atoms with Crippen LogP contribution in [0.15, 0.2) is 22.4 Å². The molecule has 0 unspecified atom stereocenters. The maximum atomic E-state index is 5.34. The predicted octanol–water partition coefficient (Wildman–Crippen LogP) is 3.76. The first-order valence-electron chi connectivity index (χ1n) is 4.53. The molecule has 0 radical (unpaired) electrons. The van der Waals surface area contributed by atoms with Crippen LogP contribution >= 0.6 is 24.0 Å². The third-order valence-electron chi connectivity index (χ3n) is 2.34. The minimum Gasteiger partial charge on any atom is -0.496 e. The van der Waals surface area contributed by atoms with E-state index in [1.165, 1.54) is 15.6 Å². The van der Waals surface area contributed by atoms with E-state index >= 15 is 0 Å². The zero-order valence-corrected chi connectivity index (χ0v) is 9.91. The van der Waals surface area contributed by atoms with Gasteiger partial charge in [-0.15, -0.1) is 24.0 Å². The summed E-state index contributed by atoms with van der Waals surface area (Å²) in [6.45, 7) is 2.13. The van der Waals surface area contributed by atoms with Gasteiger partial charge in [0.05, 0.1) is 7.11 Å². The van der Waals surface area contributed by atoms with Crippen LogP contribution in [0.2, 0.25) is 0 Å². The largest absolute Gasteiger partial charge is 0.496 e. The van der Waals surface area contributed by atoms with E-state index in [1.54, 1.807) is 18.4 Å². The lowest BCUT2D eigenvalue weighted by molar-refractivity contribution is 0.411. The summed E-state index contributed by atoms with van der Waals surface area (Å²) in [7, 11) is 1.72. The van der Waals surface area contributed by atoms with Gasteiger partial charge in [-0.05, 0) is 24.1 Å².